The van der Waals surface area contributed by atoms with Crippen LogP contribution in [0.1, 0.15) is 39.5 Å². The molecule has 0 radical (unpaired) electrons. The Balaban J connectivity index is 2.14. The van der Waals surface area contributed by atoms with Crippen LogP contribution >= 0.6 is 0 Å². The van der Waals surface area contributed by atoms with Gasteiger partial charge < -0.3 is 10.2 Å². The number of aromatic nitrogens is 2. The van der Waals surface area contributed by atoms with Crippen LogP contribution in [0, 0.1) is 0 Å². The third-order valence-corrected chi connectivity index (χ3v) is 3.38. The Bertz CT molecular complexity index is 347. The van der Waals surface area contributed by atoms with E-state index in [9.17, 15) is 0 Å². The van der Waals surface area contributed by atoms with Crippen LogP contribution in [-0.2, 0) is 0 Å². The Kier molecular flexibility index (Phi) is 4.18. The van der Waals surface area contributed by atoms with Crippen molar-refractivity contribution in [1.29, 1.82) is 0 Å². The molecule has 0 unspecified atom stereocenters. The molecule has 0 spiro atoms. The highest BCUT2D eigenvalue weighted by atomic mass is 15.2. The molecular weight excluding hydrogens is 212 g/mol. The van der Waals surface area contributed by atoms with E-state index in [1.54, 1.807) is 0 Å². The summed E-state index contributed by atoms with van der Waals surface area (Å²) in [5.74, 6) is 1.80. The van der Waals surface area contributed by atoms with Gasteiger partial charge in [0, 0.05) is 25.3 Å². The van der Waals surface area contributed by atoms with Gasteiger partial charge in [-0.25, -0.2) is 4.98 Å². The van der Waals surface area contributed by atoms with Gasteiger partial charge in [-0.1, -0.05) is 12.8 Å². The monoisotopic (exact) mass is 234 g/mol. The van der Waals surface area contributed by atoms with Crippen molar-refractivity contribution in [2.45, 2.75) is 45.6 Å². The first kappa shape index (κ1) is 12.1. The van der Waals surface area contributed by atoms with Crippen molar-refractivity contribution >= 4 is 11.8 Å². The highest BCUT2D eigenvalue weighted by Crippen LogP contribution is 2.27. The van der Waals surface area contributed by atoms with Crippen LogP contribution in [0.3, 0.4) is 0 Å². The summed E-state index contributed by atoms with van der Waals surface area (Å²) in [6.07, 6.45) is 7.15. The van der Waals surface area contributed by atoms with Gasteiger partial charge in [-0.05, 0) is 32.8 Å². The molecule has 94 valence electrons. The zero-order valence-corrected chi connectivity index (χ0v) is 10.8. The van der Waals surface area contributed by atoms with E-state index in [0.717, 1.165) is 24.9 Å². The maximum Gasteiger partial charge on any atom is 0.224 e. The lowest BCUT2D eigenvalue weighted by atomic mass is 10.2. The first-order chi connectivity index (χ1) is 8.35. The molecule has 4 heteroatoms. The molecule has 1 N–H and O–H groups in total. The highest BCUT2D eigenvalue weighted by molar-refractivity contribution is 5.43. The quantitative estimate of drug-likeness (QED) is 0.850. The highest BCUT2D eigenvalue weighted by Gasteiger charge is 2.22. The van der Waals surface area contributed by atoms with Gasteiger partial charge in [0.1, 0.15) is 5.82 Å². The smallest absolute Gasteiger partial charge is 0.224 e. The number of nitrogens with one attached hydrogen (secondary N) is 1. The van der Waals surface area contributed by atoms with Crippen molar-refractivity contribution in [3.63, 3.8) is 0 Å². The van der Waals surface area contributed by atoms with Crippen molar-refractivity contribution < 1.29 is 0 Å². The van der Waals surface area contributed by atoms with E-state index in [2.05, 4.69) is 34.0 Å². The molecule has 1 aliphatic carbocycles. The van der Waals surface area contributed by atoms with Crippen molar-refractivity contribution in [3.05, 3.63) is 12.3 Å². The zero-order valence-electron chi connectivity index (χ0n) is 10.8. The van der Waals surface area contributed by atoms with Crippen molar-refractivity contribution in [1.82, 2.24) is 9.97 Å². The van der Waals surface area contributed by atoms with Gasteiger partial charge in [0.25, 0.3) is 0 Å². The molecule has 0 amide bonds. The summed E-state index contributed by atoms with van der Waals surface area (Å²) >= 11 is 0. The van der Waals surface area contributed by atoms with E-state index >= 15 is 0 Å². The van der Waals surface area contributed by atoms with E-state index < -0.39 is 0 Å². The van der Waals surface area contributed by atoms with Crippen molar-refractivity contribution in [3.8, 4) is 0 Å². The van der Waals surface area contributed by atoms with Gasteiger partial charge in [-0.15, -0.1) is 0 Å². The van der Waals surface area contributed by atoms with Gasteiger partial charge in [-0.3, -0.25) is 0 Å². The maximum atomic E-state index is 4.58. The fourth-order valence-electron chi connectivity index (χ4n) is 2.58. The maximum absolute atomic E-state index is 4.58. The predicted octanol–water partition coefficient (Wildman–Crippen LogP) is 2.68. The SMILES string of the molecule is CCNc1nccc(N(CC)C2CCCC2)n1. The summed E-state index contributed by atoms with van der Waals surface area (Å²) in [6.45, 7) is 6.14. The largest absolute Gasteiger partial charge is 0.354 e. The summed E-state index contributed by atoms with van der Waals surface area (Å²) in [5.41, 5.74) is 0. The predicted molar refractivity (Wildman–Crippen MR) is 71.5 cm³/mol. The minimum Gasteiger partial charge on any atom is -0.354 e. The van der Waals surface area contributed by atoms with Gasteiger partial charge >= 0.3 is 0 Å². The Morgan fingerprint density at radius 1 is 1.35 bits per heavy atom. The van der Waals surface area contributed by atoms with E-state index in [4.69, 9.17) is 0 Å². The molecule has 0 aromatic carbocycles. The normalized spacial score (nSPS) is 16.1. The summed E-state index contributed by atoms with van der Waals surface area (Å²) in [5, 5.41) is 3.17. The first-order valence-corrected chi connectivity index (χ1v) is 6.68. The second-order valence-electron chi connectivity index (χ2n) is 4.49. The molecule has 0 aliphatic heterocycles. The second kappa shape index (κ2) is 5.84. The molecule has 2 rings (SSSR count). The van der Waals surface area contributed by atoms with Crippen molar-refractivity contribution in [2.24, 2.45) is 0 Å². The summed E-state index contributed by atoms with van der Waals surface area (Å²) in [6, 6.07) is 2.69. The lowest BCUT2D eigenvalue weighted by Gasteiger charge is -2.28. The standard InChI is InChI=1S/C13H22N4/c1-3-14-13-15-10-9-12(16-13)17(4-2)11-7-5-6-8-11/h9-11H,3-8H2,1-2H3,(H,14,15,16). The fourth-order valence-corrected chi connectivity index (χ4v) is 2.58. The molecule has 1 aromatic rings. The van der Waals surface area contributed by atoms with Gasteiger partial charge in [0.2, 0.25) is 5.95 Å². The summed E-state index contributed by atoms with van der Waals surface area (Å²) in [4.78, 5) is 11.2. The van der Waals surface area contributed by atoms with E-state index in [0.29, 0.717) is 6.04 Å². The number of hydrogen-bond donors (Lipinski definition) is 1. The molecule has 0 atom stereocenters. The van der Waals surface area contributed by atoms with Crippen LogP contribution in [0.25, 0.3) is 0 Å². The Morgan fingerprint density at radius 3 is 2.76 bits per heavy atom. The molecule has 1 fully saturated rings. The average Bonchev–Trinajstić information content (AvgIpc) is 2.85. The molecule has 1 saturated carbocycles. The molecule has 1 heterocycles. The zero-order chi connectivity index (χ0) is 12.1. The van der Waals surface area contributed by atoms with Gasteiger partial charge in [0.15, 0.2) is 0 Å². The number of rotatable bonds is 5. The Hall–Kier alpha value is -1.32. The topological polar surface area (TPSA) is 41.1 Å². The third-order valence-electron chi connectivity index (χ3n) is 3.38. The van der Waals surface area contributed by atoms with Crippen LogP contribution in [0.15, 0.2) is 12.3 Å². The first-order valence-electron chi connectivity index (χ1n) is 6.68. The molecule has 17 heavy (non-hydrogen) atoms. The van der Waals surface area contributed by atoms with Crippen LogP contribution in [0.4, 0.5) is 11.8 Å². The molecule has 0 saturated heterocycles. The average molecular weight is 234 g/mol. The van der Waals surface area contributed by atoms with Crippen LogP contribution < -0.4 is 10.2 Å². The van der Waals surface area contributed by atoms with Gasteiger partial charge in [-0.2, -0.15) is 4.98 Å². The molecule has 1 aliphatic rings. The van der Waals surface area contributed by atoms with E-state index in [1.165, 1.54) is 25.7 Å². The van der Waals surface area contributed by atoms with Crippen LogP contribution in [0.2, 0.25) is 0 Å². The summed E-state index contributed by atoms with van der Waals surface area (Å²) < 4.78 is 0. The molecule has 4 nitrogen and oxygen atoms in total. The third kappa shape index (κ3) is 2.87. The minimum absolute atomic E-state index is 0.671. The number of anilines is 2. The number of hydrogen-bond acceptors (Lipinski definition) is 4. The molecule has 1 aromatic heterocycles. The van der Waals surface area contributed by atoms with Crippen LogP contribution in [-0.4, -0.2) is 29.1 Å². The Labute approximate surface area is 103 Å². The number of nitrogens with zero attached hydrogens (tertiary/aromatic N) is 3. The Morgan fingerprint density at radius 2 is 2.12 bits per heavy atom. The van der Waals surface area contributed by atoms with E-state index in [1.807, 2.05) is 12.3 Å². The van der Waals surface area contributed by atoms with Crippen molar-refractivity contribution in [2.75, 3.05) is 23.3 Å². The lowest BCUT2D eigenvalue weighted by molar-refractivity contribution is 0.612. The molecular formula is C13H22N4. The minimum atomic E-state index is 0.671. The second-order valence-corrected chi connectivity index (χ2v) is 4.49. The lowest BCUT2D eigenvalue weighted by Crippen LogP contribution is -2.33. The van der Waals surface area contributed by atoms with Gasteiger partial charge in [0.05, 0.1) is 0 Å². The summed E-state index contributed by atoms with van der Waals surface area (Å²) in [7, 11) is 0. The van der Waals surface area contributed by atoms with Crippen LogP contribution in [0.5, 0.6) is 0 Å². The fraction of sp³-hybridized carbons (Fsp3) is 0.692. The molecule has 0 bridgehead atoms. The van der Waals surface area contributed by atoms with E-state index in [-0.39, 0.29) is 0 Å².